The zero-order valence-electron chi connectivity index (χ0n) is 81.0. The summed E-state index contributed by atoms with van der Waals surface area (Å²) in [5.74, 6) is -4.00. The van der Waals surface area contributed by atoms with Crippen LogP contribution < -0.4 is 26.6 Å². The van der Waals surface area contributed by atoms with E-state index in [1.165, 1.54) is 103 Å². The molecule has 5 amide bonds. The molecular formula is C92H163N5O43. The Balaban J connectivity index is 1.02. The number of carbonyl (C=O) groups is 5. The Morgan fingerprint density at radius 1 is 0.286 bits per heavy atom. The summed E-state index contributed by atoms with van der Waals surface area (Å²) in [6, 6.07) is -8.56. The van der Waals surface area contributed by atoms with Crippen molar-refractivity contribution in [2.45, 2.75) is 479 Å². The van der Waals surface area contributed by atoms with Crippen molar-refractivity contribution < 1.29 is 212 Å². The number of aliphatic hydroxyl groups excluding tert-OH is 22. The predicted octanol–water partition coefficient (Wildman–Crippen LogP) is -6.49. The van der Waals surface area contributed by atoms with E-state index >= 15 is 0 Å². The molecule has 16 unspecified atom stereocenters. The average Bonchev–Trinajstić information content (AvgIpc) is 0.759. The fourth-order valence-corrected chi connectivity index (χ4v) is 18.8. The van der Waals surface area contributed by atoms with E-state index in [-0.39, 0.29) is 12.3 Å². The van der Waals surface area contributed by atoms with Gasteiger partial charge in [0.15, 0.2) is 50.3 Å². The molecule has 0 bridgehead atoms. The Kier molecular flexibility index (Phi) is 53.6. The second-order valence-electron chi connectivity index (χ2n) is 37.8. The van der Waals surface area contributed by atoms with Gasteiger partial charge in [0.2, 0.25) is 29.5 Å². The number of hydrogen-bond donors (Lipinski definition) is 27. The van der Waals surface area contributed by atoms with Gasteiger partial charge in [-0.1, -0.05) is 180 Å². The van der Waals surface area contributed by atoms with E-state index in [9.17, 15) is 136 Å². The lowest BCUT2D eigenvalue weighted by atomic mass is 9.93. The third kappa shape index (κ3) is 34.8. The summed E-state index contributed by atoms with van der Waals surface area (Å²) >= 11 is 0. The number of rotatable bonds is 60. The highest BCUT2D eigenvalue weighted by Gasteiger charge is 2.61. The van der Waals surface area contributed by atoms with E-state index < -0.39 is 341 Å². The number of carbonyl (C=O) groups excluding carboxylic acids is 5. The summed E-state index contributed by atoms with van der Waals surface area (Å²) in [6.07, 6.45) is -42.0. The van der Waals surface area contributed by atoms with Crippen molar-refractivity contribution in [1.82, 2.24) is 26.6 Å². The fraction of sp³-hybridized carbons (Fsp3) is 0.924. The SMILES string of the molecule is CCCCCCCCCCCCC/C=C/[C@@H](O)[C@H](CO[C@@H]1OC(CO)[C@@H](O[C@@H]2OC(CO)[C@H](O)[C@H](O[C@@H]3OC(CO)[C@@H](O)[C@H](O[C@@H]4OC(CO[C@@H]5OC(CO)[C@@H](O)[C@H](O)C5NC(C)=O)[C@H](O)[C@H](O[C@@H]5OC(CO)[C@@H](O)[C@H](O[C@@H]6OC(CO)[C@H](O)[C@H](O[C@H]7OC(CO)[C@H](O)[C@H](O)C7NC(C)=O)C6O)C5NC(C)=O)C4O)C3NC(C)=O)C2O)[C@H](O)C1O)NC(=O)CCCCCCCCCCCCCCCCC. The van der Waals surface area contributed by atoms with Gasteiger partial charge in [0.05, 0.1) is 71.6 Å². The molecule has 48 heteroatoms. The molecule has 0 aromatic carbocycles. The monoisotopic (exact) mass is 2030 g/mol. The molecule has 42 atom stereocenters. The highest BCUT2D eigenvalue weighted by atomic mass is 16.8. The zero-order chi connectivity index (χ0) is 103. The summed E-state index contributed by atoms with van der Waals surface area (Å²) < 4.78 is 96.8. The number of allylic oxidation sites excluding steroid dienone is 1. The van der Waals surface area contributed by atoms with Gasteiger partial charge in [-0.2, -0.15) is 0 Å². The summed E-state index contributed by atoms with van der Waals surface area (Å²) in [4.78, 5) is 65.7. The van der Waals surface area contributed by atoms with Crippen molar-refractivity contribution in [1.29, 1.82) is 0 Å². The van der Waals surface area contributed by atoms with Crippen LogP contribution >= 0.6 is 0 Å². The first kappa shape index (κ1) is 121. The molecule has 8 aliphatic heterocycles. The normalized spacial score (nSPS) is 38.7. The Labute approximate surface area is 815 Å². The zero-order valence-corrected chi connectivity index (χ0v) is 81.0. The Morgan fingerprint density at radius 3 is 0.943 bits per heavy atom. The molecule has 8 fully saturated rings. The molecule has 814 valence electrons. The fourth-order valence-electron chi connectivity index (χ4n) is 18.8. The minimum absolute atomic E-state index is 0.133. The molecule has 0 saturated carbocycles. The average molecular weight is 2030 g/mol. The quantitative estimate of drug-likeness (QED) is 0.0199. The number of amides is 5. The highest BCUT2D eigenvalue weighted by molar-refractivity contribution is 5.76. The molecule has 0 aliphatic carbocycles. The van der Waals surface area contributed by atoms with Gasteiger partial charge in [0.25, 0.3) is 0 Å². The lowest BCUT2D eigenvalue weighted by Gasteiger charge is -2.51. The van der Waals surface area contributed by atoms with Crippen LogP contribution in [0.4, 0.5) is 0 Å². The van der Waals surface area contributed by atoms with Gasteiger partial charge >= 0.3 is 0 Å². The van der Waals surface area contributed by atoms with Crippen molar-refractivity contribution in [3.05, 3.63) is 12.2 Å². The summed E-state index contributed by atoms with van der Waals surface area (Å²) in [5.41, 5.74) is 0. The third-order valence-electron chi connectivity index (χ3n) is 26.7. The molecule has 0 spiro atoms. The van der Waals surface area contributed by atoms with Crippen LogP contribution in [0.3, 0.4) is 0 Å². The van der Waals surface area contributed by atoms with Crippen LogP contribution in [0.1, 0.15) is 221 Å². The maximum atomic E-state index is 13.7. The Morgan fingerprint density at radius 2 is 0.571 bits per heavy atom. The topological polar surface area (TPSA) is 738 Å². The number of ether oxygens (including phenoxy) is 16. The van der Waals surface area contributed by atoms with E-state index in [0.717, 1.165) is 85.5 Å². The Bertz CT molecular complexity index is 3530. The first-order valence-electron chi connectivity index (χ1n) is 50.0. The van der Waals surface area contributed by atoms with Crippen LogP contribution in [0.15, 0.2) is 12.2 Å². The number of unbranched alkanes of at least 4 members (excludes halogenated alkanes) is 25. The number of hydrogen-bond acceptors (Lipinski definition) is 43. The lowest BCUT2D eigenvalue weighted by Crippen LogP contribution is -2.71. The maximum absolute atomic E-state index is 13.7. The van der Waals surface area contributed by atoms with Crippen LogP contribution in [0.2, 0.25) is 0 Å². The summed E-state index contributed by atoms with van der Waals surface area (Å²) in [7, 11) is 0. The molecule has 8 heterocycles. The molecule has 0 aromatic rings. The second-order valence-corrected chi connectivity index (χ2v) is 37.8. The van der Waals surface area contributed by atoms with Gasteiger partial charge in [-0.3, -0.25) is 24.0 Å². The Hall–Kier alpha value is -4.43. The van der Waals surface area contributed by atoms with Crippen LogP contribution in [-0.4, -0.2) is 459 Å². The standard InChI is InChI=1S/C92H163N5O43/c1-7-9-11-13-15-17-19-21-22-24-26-28-30-32-34-36-60(110)97-50(51(109)35-33-31-29-27-25-23-20-18-16-14-12-10-8-2)44-125-89-75(121)74(120)79(58(43-104)133-89)135-90-76(122)83(70(116)56(41-102)131-90)139-87-64(96-49(6)108)81(68(114)55(40-101)129-87)137-92-78(124)84(71(117)59(134-92)45-126-85-61(93-46(3)105)72(118)65(111)52(37-98)127-85)140-88-63(95-48(5)107)80(67(113)54(39-100)130-88)136-91-77(123)82(69(115)57(42-103)132-91)138-86-62(94-47(4)106)73(119)66(112)53(38-99)128-86/h33,35,50-59,61-92,98-104,109,111-124H,7-32,34,36-45H2,1-6H3,(H,93,105)(H,94,106)(H,95,107)(H,96,108)(H,97,110)/b35-33+/t50-,51+,52?,53?,54?,55?,56?,57?,58?,59?,61?,62?,63?,64?,65+,66-,67+,68+,69-,70-,71-,72+,73+,74+,75?,76?,77?,78?,79+,80+,81+,82-,83-,84-,85+,86+,87-,88-,89+,90-,91-,92-/m0/s1. The van der Waals surface area contributed by atoms with Gasteiger partial charge in [-0.15, -0.1) is 0 Å². The van der Waals surface area contributed by atoms with Crippen molar-refractivity contribution in [2.24, 2.45) is 0 Å². The van der Waals surface area contributed by atoms with Crippen molar-refractivity contribution in [2.75, 3.05) is 59.5 Å². The lowest BCUT2D eigenvalue weighted by molar-refractivity contribution is -0.389. The highest BCUT2D eigenvalue weighted by Crippen LogP contribution is 2.40. The van der Waals surface area contributed by atoms with E-state index in [1.54, 1.807) is 6.08 Å². The smallest absolute Gasteiger partial charge is 0.220 e. The first-order valence-corrected chi connectivity index (χ1v) is 50.0. The first-order chi connectivity index (χ1) is 67.0. The van der Waals surface area contributed by atoms with E-state index in [2.05, 4.69) is 40.4 Å². The molecule has 140 heavy (non-hydrogen) atoms. The minimum atomic E-state index is -2.54. The van der Waals surface area contributed by atoms with Gasteiger partial charge in [0, 0.05) is 34.1 Å². The van der Waals surface area contributed by atoms with Crippen LogP contribution in [-0.2, 0) is 99.8 Å². The molecule has 0 radical (unpaired) electrons. The molecule has 8 rings (SSSR count). The third-order valence-corrected chi connectivity index (χ3v) is 26.7. The molecule has 8 saturated heterocycles. The van der Waals surface area contributed by atoms with Crippen LogP contribution in [0, 0.1) is 0 Å². The molecule has 27 N–H and O–H groups in total. The number of aliphatic hydroxyl groups is 22. The van der Waals surface area contributed by atoms with E-state index in [4.69, 9.17) is 75.8 Å². The minimum Gasteiger partial charge on any atom is -0.394 e. The largest absolute Gasteiger partial charge is 0.394 e. The van der Waals surface area contributed by atoms with Crippen molar-refractivity contribution in [3.8, 4) is 0 Å². The predicted molar refractivity (Wildman–Crippen MR) is 482 cm³/mol. The van der Waals surface area contributed by atoms with E-state index in [0.29, 0.717) is 12.8 Å². The van der Waals surface area contributed by atoms with Gasteiger partial charge in [-0.05, 0) is 19.3 Å². The van der Waals surface area contributed by atoms with Crippen LogP contribution in [0.5, 0.6) is 0 Å². The summed E-state index contributed by atoms with van der Waals surface area (Å²) in [6.45, 7) is -0.730. The molecule has 0 aromatic heterocycles. The van der Waals surface area contributed by atoms with Crippen molar-refractivity contribution >= 4 is 29.5 Å². The maximum Gasteiger partial charge on any atom is 0.220 e. The summed E-state index contributed by atoms with van der Waals surface area (Å²) in [5, 5.41) is 264. The molecule has 48 nitrogen and oxygen atoms in total. The van der Waals surface area contributed by atoms with Gasteiger partial charge in [-0.25, -0.2) is 0 Å². The van der Waals surface area contributed by atoms with Gasteiger partial charge in [0.1, 0.15) is 195 Å². The van der Waals surface area contributed by atoms with E-state index in [1.807, 2.05) is 6.08 Å². The van der Waals surface area contributed by atoms with Crippen LogP contribution in [0.25, 0.3) is 0 Å². The molecule has 8 aliphatic rings. The second kappa shape index (κ2) is 62.1. The number of nitrogens with one attached hydrogen (secondary N) is 5. The van der Waals surface area contributed by atoms with Crippen molar-refractivity contribution in [3.63, 3.8) is 0 Å². The van der Waals surface area contributed by atoms with Gasteiger partial charge < -0.3 is 215 Å². The molecular weight excluding hydrogens is 1860 g/mol.